The van der Waals surface area contributed by atoms with Crippen LogP contribution in [0.3, 0.4) is 0 Å². The molecular weight excluding hydrogens is 733 g/mol. The number of para-hydroxylation sites is 6. The van der Waals surface area contributed by atoms with Gasteiger partial charge in [0.1, 0.15) is 0 Å². The molecule has 60 heavy (non-hydrogen) atoms. The topological polar surface area (TPSA) is 22.2 Å². The summed E-state index contributed by atoms with van der Waals surface area (Å²) in [5.41, 5.74) is 15.3. The standard InChI is InChI=1S/C55H40N4O/c1-7-19-42(20-8-1)56(43-21-9-2-10-22-43)48-31-33-51-40(36-48)35-41-37-50(58(46-27-15-5-16-28-46)47-29-17-6-18-30-47)39-54-55(41)59(51)52-34-32-49(38-53(52)60-54)57(44-23-11-3-12-24-44)45-25-13-4-14-26-45/h1-34,36-39H,35H2. The zero-order valence-corrected chi connectivity index (χ0v) is 32.8. The van der Waals surface area contributed by atoms with Crippen LogP contribution in [0.25, 0.3) is 0 Å². The Morgan fingerprint density at radius 2 is 0.650 bits per heavy atom. The van der Waals surface area contributed by atoms with E-state index in [1.165, 1.54) is 11.1 Å². The summed E-state index contributed by atoms with van der Waals surface area (Å²) in [5.74, 6) is 1.61. The fourth-order valence-corrected chi connectivity index (χ4v) is 8.72. The predicted molar refractivity (Wildman–Crippen MR) is 248 cm³/mol. The molecule has 2 aliphatic rings. The van der Waals surface area contributed by atoms with Gasteiger partial charge in [-0.15, -0.1) is 0 Å². The maximum atomic E-state index is 7.14. The smallest absolute Gasteiger partial charge is 0.153 e. The molecule has 0 radical (unpaired) electrons. The third kappa shape index (κ3) is 6.30. The van der Waals surface area contributed by atoms with E-state index in [4.69, 9.17) is 4.74 Å². The Labute approximate surface area is 350 Å². The molecule has 9 aromatic carbocycles. The molecule has 0 N–H and O–H groups in total. The second-order valence-corrected chi connectivity index (χ2v) is 15.1. The van der Waals surface area contributed by atoms with E-state index in [0.717, 1.165) is 86.2 Å². The van der Waals surface area contributed by atoms with Gasteiger partial charge in [0.15, 0.2) is 11.5 Å². The number of anilines is 12. The molecule has 0 amide bonds. The number of rotatable bonds is 9. The van der Waals surface area contributed by atoms with E-state index in [1.807, 2.05) is 0 Å². The van der Waals surface area contributed by atoms with Gasteiger partial charge >= 0.3 is 0 Å². The number of ether oxygens (including phenoxy) is 1. The lowest BCUT2D eigenvalue weighted by molar-refractivity contribution is 0.476. The molecule has 0 aliphatic carbocycles. The number of nitrogens with zero attached hydrogens (tertiary/aromatic N) is 4. The van der Waals surface area contributed by atoms with E-state index in [0.29, 0.717) is 0 Å². The van der Waals surface area contributed by atoms with Crippen LogP contribution in [-0.2, 0) is 6.42 Å². The molecule has 11 rings (SSSR count). The largest absolute Gasteiger partial charge is 0.453 e. The van der Waals surface area contributed by atoms with Crippen LogP contribution >= 0.6 is 0 Å². The molecule has 0 saturated heterocycles. The molecule has 0 saturated carbocycles. The minimum absolute atomic E-state index is 0.733. The Balaban J connectivity index is 1.11. The maximum Gasteiger partial charge on any atom is 0.153 e. The van der Waals surface area contributed by atoms with Crippen molar-refractivity contribution < 1.29 is 4.74 Å². The van der Waals surface area contributed by atoms with E-state index in [2.05, 4.69) is 250 Å². The van der Waals surface area contributed by atoms with Gasteiger partial charge in [-0.05, 0) is 120 Å². The van der Waals surface area contributed by atoms with Crippen LogP contribution in [0.2, 0.25) is 0 Å². The minimum atomic E-state index is 0.733. The highest BCUT2D eigenvalue weighted by Crippen LogP contribution is 2.58. The minimum Gasteiger partial charge on any atom is -0.453 e. The first-order chi connectivity index (χ1) is 29.8. The zero-order chi connectivity index (χ0) is 39.8. The van der Waals surface area contributed by atoms with Gasteiger partial charge in [-0.25, -0.2) is 0 Å². The lowest BCUT2D eigenvalue weighted by Gasteiger charge is -2.40. The van der Waals surface area contributed by atoms with Crippen LogP contribution in [0.4, 0.5) is 68.2 Å². The summed E-state index contributed by atoms with van der Waals surface area (Å²) < 4.78 is 7.14. The number of benzene rings is 9. The highest BCUT2D eigenvalue weighted by atomic mass is 16.5. The number of hydrogen-bond acceptors (Lipinski definition) is 5. The van der Waals surface area contributed by atoms with Crippen LogP contribution in [-0.4, -0.2) is 0 Å². The summed E-state index contributed by atoms with van der Waals surface area (Å²) >= 11 is 0. The van der Waals surface area contributed by atoms with Crippen molar-refractivity contribution in [1.29, 1.82) is 0 Å². The molecule has 0 aromatic heterocycles. The molecule has 2 aliphatic heterocycles. The molecular formula is C55H40N4O. The molecule has 0 spiro atoms. The van der Waals surface area contributed by atoms with Crippen molar-refractivity contribution in [2.45, 2.75) is 6.42 Å². The Kier molecular flexibility index (Phi) is 8.82. The first kappa shape index (κ1) is 35.2. The lowest BCUT2D eigenvalue weighted by atomic mass is 9.92. The third-order valence-corrected chi connectivity index (χ3v) is 11.3. The third-order valence-electron chi connectivity index (χ3n) is 11.3. The van der Waals surface area contributed by atoms with Crippen molar-refractivity contribution in [1.82, 2.24) is 0 Å². The van der Waals surface area contributed by atoms with Crippen LogP contribution in [0.1, 0.15) is 11.1 Å². The molecule has 0 atom stereocenters. The fraction of sp³-hybridized carbons (Fsp3) is 0.0182. The summed E-state index contributed by atoms with van der Waals surface area (Å²) in [6.07, 6.45) is 0.733. The van der Waals surface area contributed by atoms with Crippen LogP contribution < -0.4 is 24.3 Å². The first-order valence-corrected chi connectivity index (χ1v) is 20.4. The van der Waals surface area contributed by atoms with Gasteiger partial charge in [0.05, 0.1) is 22.7 Å². The van der Waals surface area contributed by atoms with Gasteiger partial charge in [0.25, 0.3) is 0 Å². The average Bonchev–Trinajstić information content (AvgIpc) is 3.31. The number of hydrogen-bond donors (Lipinski definition) is 0. The SMILES string of the molecule is c1ccc(N(c2ccccc2)c2ccc3c(c2)Cc2cc(N(c4ccccc4)c4ccccc4)cc4c2N3c2ccc(N(c3ccccc3)c3ccccc3)cc2O4)cc1. The highest BCUT2D eigenvalue weighted by Gasteiger charge is 2.35. The lowest BCUT2D eigenvalue weighted by Crippen LogP contribution is -2.24. The summed E-state index contributed by atoms with van der Waals surface area (Å²) in [5, 5.41) is 0. The molecule has 286 valence electrons. The monoisotopic (exact) mass is 772 g/mol. The summed E-state index contributed by atoms with van der Waals surface area (Å²) in [6.45, 7) is 0. The summed E-state index contributed by atoms with van der Waals surface area (Å²) in [7, 11) is 0. The highest BCUT2D eigenvalue weighted by molar-refractivity contribution is 5.96. The molecule has 5 heteroatoms. The van der Waals surface area contributed by atoms with Gasteiger partial charge in [0.2, 0.25) is 0 Å². The maximum absolute atomic E-state index is 7.14. The molecule has 0 bridgehead atoms. The Bertz CT molecular complexity index is 2650. The van der Waals surface area contributed by atoms with Gasteiger partial charge in [-0.2, -0.15) is 0 Å². The predicted octanol–water partition coefficient (Wildman–Crippen LogP) is 15.6. The molecule has 5 nitrogen and oxygen atoms in total. The van der Waals surface area contributed by atoms with Gasteiger partial charge in [0, 0.05) is 64.1 Å². The summed E-state index contributed by atoms with van der Waals surface area (Å²) in [6, 6.07) is 81.5. The van der Waals surface area contributed by atoms with Crippen molar-refractivity contribution in [3.05, 3.63) is 242 Å². The number of fused-ring (bicyclic) bond motifs is 4. The normalized spacial score (nSPS) is 12.0. The van der Waals surface area contributed by atoms with Gasteiger partial charge in [-0.3, -0.25) is 0 Å². The van der Waals surface area contributed by atoms with E-state index >= 15 is 0 Å². The summed E-state index contributed by atoms with van der Waals surface area (Å²) in [4.78, 5) is 9.36. The van der Waals surface area contributed by atoms with Crippen LogP contribution in [0.5, 0.6) is 11.5 Å². The van der Waals surface area contributed by atoms with E-state index < -0.39 is 0 Å². The van der Waals surface area contributed by atoms with Gasteiger partial charge < -0.3 is 24.3 Å². The Morgan fingerprint density at radius 1 is 0.300 bits per heavy atom. The van der Waals surface area contributed by atoms with Crippen molar-refractivity contribution >= 4 is 68.2 Å². The Hall–Kier alpha value is -8.02. The van der Waals surface area contributed by atoms with Crippen LogP contribution in [0, 0.1) is 0 Å². The van der Waals surface area contributed by atoms with Crippen molar-refractivity contribution in [3.8, 4) is 11.5 Å². The first-order valence-electron chi connectivity index (χ1n) is 20.4. The molecule has 0 unspecified atom stereocenters. The average molecular weight is 773 g/mol. The fourth-order valence-electron chi connectivity index (χ4n) is 8.72. The van der Waals surface area contributed by atoms with Crippen LogP contribution in [0.15, 0.2) is 231 Å². The van der Waals surface area contributed by atoms with E-state index in [9.17, 15) is 0 Å². The molecule has 9 aromatic rings. The van der Waals surface area contributed by atoms with Crippen molar-refractivity contribution in [3.63, 3.8) is 0 Å². The molecule has 2 heterocycles. The zero-order valence-electron chi connectivity index (χ0n) is 32.8. The quantitative estimate of drug-likeness (QED) is 0.145. The Morgan fingerprint density at radius 3 is 1.08 bits per heavy atom. The molecule has 0 fully saturated rings. The van der Waals surface area contributed by atoms with Crippen molar-refractivity contribution in [2.75, 3.05) is 19.6 Å². The van der Waals surface area contributed by atoms with E-state index in [1.54, 1.807) is 0 Å². The van der Waals surface area contributed by atoms with Crippen molar-refractivity contribution in [2.24, 2.45) is 0 Å². The van der Waals surface area contributed by atoms with E-state index in [-0.39, 0.29) is 0 Å². The second kappa shape index (κ2) is 15.1. The second-order valence-electron chi connectivity index (χ2n) is 15.1. The van der Waals surface area contributed by atoms with Gasteiger partial charge in [-0.1, -0.05) is 109 Å².